The van der Waals surface area contributed by atoms with E-state index in [0.29, 0.717) is 24.2 Å². The van der Waals surface area contributed by atoms with E-state index in [4.69, 9.17) is 4.74 Å². The fraction of sp³-hybridized carbons (Fsp3) is 0.576. The van der Waals surface area contributed by atoms with Crippen molar-refractivity contribution in [1.82, 2.24) is 15.5 Å². The van der Waals surface area contributed by atoms with Crippen molar-refractivity contribution in [2.24, 2.45) is 0 Å². The number of aldehydes is 1. The normalized spacial score (nSPS) is 9.20. The Hall–Kier alpha value is -3.67. The highest BCUT2D eigenvalue weighted by Crippen LogP contribution is 2.11. The molecule has 1 rings (SSSR count). The first-order valence-electron chi connectivity index (χ1n) is 15.3. The predicted molar refractivity (Wildman–Crippen MR) is 184 cm³/mol. The number of amides is 4. The number of nitrogens with zero attached hydrogens (tertiary/aromatic N) is 1. The molecular weight excluding hydrogens is 596 g/mol. The third-order valence-corrected chi connectivity index (χ3v) is 5.38. The standard InChI is InChI=1S/C27H38N4O7.C3H8.C2H6.CH4S/c1-19(2)26(30-23(34)9-6-5-7-15-31(4)25(36)10-8-16-32)27(37)28-17-24(35)29-22-13-11-21(12-14-22)18-38-20(3)33;1-3-2;2*1-2/h11-14,16H,5-10,15,17-18H2,1-4H3,(H,28,37)(H,29,35)(H,30,34);3H2,1-2H3;1-2H3;2H,1H3. The summed E-state index contributed by atoms with van der Waals surface area (Å²) in [6.07, 6.45) is 6.31. The molecule has 0 saturated heterocycles. The number of thiol groups is 1. The summed E-state index contributed by atoms with van der Waals surface area (Å²) < 4.78 is 4.91. The van der Waals surface area contributed by atoms with Gasteiger partial charge in [-0.25, -0.2) is 0 Å². The third kappa shape index (κ3) is 25.4. The van der Waals surface area contributed by atoms with E-state index in [1.807, 2.05) is 13.8 Å². The molecule has 45 heavy (non-hydrogen) atoms. The molecule has 0 atom stereocenters. The van der Waals surface area contributed by atoms with Crippen LogP contribution >= 0.6 is 12.6 Å². The number of nitrogens with one attached hydrogen (secondary N) is 3. The van der Waals surface area contributed by atoms with Crippen LogP contribution in [0.15, 0.2) is 35.5 Å². The van der Waals surface area contributed by atoms with Gasteiger partial charge in [-0.2, -0.15) is 12.6 Å². The Kier molecular flexibility index (Phi) is 30.9. The van der Waals surface area contributed by atoms with Crippen molar-refractivity contribution in [3.63, 3.8) is 0 Å². The molecule has 11 nitrogen and oxygen atoms in total. The van der Waals surface area contributed by atoms with Crippen LogP contribution in [0.4, 0.5) is 5.69 Å². The summed E-state index contributed by atoms with van der Waals surface area (Å²) in [6.45, 7) is 13.3. The Balaban J connectivity index is -0.00000232. The fourth-order valence-corrected chi connectivity index (χ4v) is 3.24. The largest absolute Gasteiger partial charge is 0.461 e. The number of carbonyl (C=O) groups excluding carboxylic acids is 6. The van der Waals surface area contributed by atoms with Crippen LogP contribution in [-0.4, -0.2) is 67.2 Å². The van der Waals surface area contributed by atoms with Gasteiger partial charge in [0.05, 0.1) is 6.54 Å². The number of unbranched alkanes of at least 4 members (excludes halogenated alkanes) is 2. The molecule has 0 aromatic heterocycles. The van der Waals surface area contributed by atoms with Crippen LogP contribution in [0.25, 0.3) is 0 Å². The minimum Gasteiger partial charge on any atom is -0.461 e. The zero-order valence-corrected chi connectivity index (χ0v) is 29.6. The van der Waals surface area contributed by atoms with Crippen LogP contribution in [0.2, 0.25) is 0 Å². The molecule has 0 fully saturated rings. The maximum Gasteiger partial charge on any atom is 0.302 e. The van der Waals surface area contributed by atoms with Crippen LogP contribution in [0, 0.1) is 0 Å². The molecule has 3 N–H and O–H groups in total. The molecule has 0 bridgehead atoms. The SMILES string of the molecule is CC.CC(=O)OCc1ccc(NC(=O)CNC(=O)C(NC(=O)CCCCCN(C)C(=O)CCC=O)=C(C)C)cc1.CCC.CS. The monoisotopic (exact) mass is 652 g/mol. The van der Waals surface area contributed by atoms with Crippen LogP contribution in [-0.2, 0) is 40.1 Å². The predicted octanol–water partition coefficient (Wildman–Crippen LogP) is 5.20. The van der Waals surface area contributed by atoms with Crippen LogP contribution in [0.3, 0.4) is 0 Å². The summed E-state index contributed by atoms with van der Waals surface area (Å²) in [7, 11) is 1.68. The van der Waals surface area contributed by atoms with Crippen LogP contribution in [0.1, 0.15) is 99.0 Å². The van der Waals surface area contributed by atoms with E-state index < -0.39 is 11.8 Å². The lowest BCUT2D eigenvalue weighted by Gasteiger charge is -2.16. The molecule has 0 radical (unpaired) electrons. The molecule has 0 saturated carbocycles. The number of hydrogen-bond acceptors (Lipinski definition) is 8. The van der Waals surface area contributed by atoms with Gasteiger partial charge in [-0.05, 0) is 56.2 Å². The van der Waals surface area contributed by atoms with Crippen LogP contribution in [0.5, 0.6) is 0 Å². The van der Waals surface area contributed by atoms with Gasteiger partial charge in [-0.1, -0.05) is 52.7 Å². The van der Waals surface area contributed by atoms with E-state index in [9.17, 15) is 28.8 Å². The Morgan fingerprint density at radius 1 is 0.889 bits per heavy atom. The Morgan fingerprint density at radius 3 is 1.98 bits per heavy atom. The molecule has 12 heteroatoms. The number of hydrogen-bond donors (Lipinski definition) is 4. The van der Waals surface area contributed by atoms with Gasteiger partial charge in [0.25, 0.3) is 5.91 Å². The quantitative estimate of drug-likeness (QED) is 0.0630. The lowest BCUT2D eigenvalue weighted by atomic mass is 10.1. The van der Waals surface area contributed by atoms with Crippen LogP contribution < -0.4 is 16.0 Å². The van der Waals surface area contributed by atoms with Crippen molar-refractivity contribution < 1.29 is 33.5 Å². The van der Waals surface area contributed by atoms with Gasteiger partial charge in [0.1, 0.15) is 18.6 Å². The zero-order chi connectivity index (χ0) is 35.2. The Labute approximate surface area is 275 Å². The van der Waals surface area contributed by atoms with Crippen molar-refractivity contribution in [3.8, 4) is 0 Å². The summed E-state index contributed by atoms with van der Waals surface area (Å²) >= 11 is 3.53. The summed E-state index contributed by atoms with van der Waals surface area (Å²) in [4.78, 5) is 71.8. The van der Waals surface area contributed by atoms with Gasteiger partial charge >= 0.3 is 5.97 Å². The minimum atomic E-state index is -0.569. The molecule has 256 valence electrons. The first kappa shape index (κ1) is 45.8. The van der Waals surface area contributed by atoms with Crippen molar-refractivity contribution >= 4 is 54.2 Å². The van der Waals surface area contributed by atoms with Gasteiger partial charge in [0, 0.05) is 45.5 Å². The van der Waals surface area contributed by atoms with E-state index in [0.717, 1.165) is 24.7 Å². The molecule has 1 aromatic rings. The lowest BCUT2D eigenvalue weighted by molar-refractivity contribution is -0.142. The van der Waals surface area contributed by atoms with E-state index in [2.05, 4.69) is 42.4 Å². The first-order valence-corrected chi connectivity index (χ1v) is 16.2. The molecule has 0 aliphatic rings. The zero-order valence-electron chi connectivity index (χ0n) is 28.7. The summed E-state index contributed by atoms with van der Waals surface area (Å²) in [5.41, 5.74) is 1.97. The number of allylic oxidation sites excluding steroid dienone is 1. The van der Waals surface area contributed by atoms with E-state index in [1.165, 1.54) is 13.3 Å². The number of carbonyl (C=O) groups is 6. The summed E-state index contributed by atoms with van der Waals surface area (Å²) in [5.74, 6) is -1.80. The highest BCUT2D eigenvalue weighted by molar-refractivity contribution is 7.79. The van der Waals surface area contributed by atoms with Crippen molar-refractivity contribution in [3.05, 3.63) is 41.1 Å². The molecule has 0 heterocycles. The number of anilines is 1. The van der Waals surface area contributed by atoms with E-state index in [-0.39, 0.29) is 55.9 Å². The molecule has 0 spiro atoms. The van der Waals surface area contributed by atoms with Gasteiger partial charge in [-0.15, -0.1) is 0 Å². The maximum absolute atomic E-state index is 12.6. The second kappa shape index (κ2) is 30.4. The van der Waals surface area contributed by atoms with Gasteiger partial charge < -0.3 is 30.4 Å². The second-order valence-electron chi connectivity index (χ2n) is 9.67. The highest BCUT2D eigenvalue weighted by Gasteiger charge is 2.16. The first-order chi connectivity index (χ1) is 21.4. The number of benzene rings is 1. The fourth-order valence-electron chi connectivity index (χ4n) is 3.24. The van der Waals surface area contributed by atoms with Crippen molar-refractivity contribution in [1.29, 1.82) is 0 Å². The Bertz CT molecular complexity index is 1040. The second-order valence-corrected chi connectivity index (χ2v) is 9.67. The highest BCUT2D eigenvalue weighted by atomic mass is 32.1. The third-order valence-electron chi connectivity index (χ3n) is 5.38. The van der Waals surface area contributed by atoms with E-state index >= 15 is 0 Å². The molecule has 1 aromatic carbocycles. The van der Waals surface area contributed by atoms with Crippen molar-refractivity contribution in [2.75, 3.05) is 31.7 Å². The number of esters is 1. The van der Waals surface area contributed by atoms with Gasteiger partial charge in [0.15, 0.2) is 0 Å². The topological polar surface area (TPSA) is 151 Å². The number of ether oxygens (including phenoxy) is 1. The van der Waals surface area contributed by atoms with Gasteiger partial charge in [-0.3, -0.25) is 24.0 Å². The molecular formula is C33H56N4O7S. The Morgan fingerprint density at radius 2 is 1.47 bits per heavy atom. The maximum atomic E-state index is 12.6. The average Bonchev–Trinajstić information content (AvgIpc) is 3.02. The lowest BCUT2D eigenvalue weighted by Crippen LogP contribution is -2.39. The van der Waals surface area contributed by atoms with Crippen molar-refractivity contribution in [2.45, 2.75) is 100 Å². The number of rotatable bonds is 16. The smallest absolute Gasteiger partial charge is 0.302 e. The minimum absolute atomic E-state index is 0.0862. The van der Waals surface area contributed by atoms with Gasteiger partial charge in [0.2, 0.25) is 17.7 Å². The molecule has 0 unspecified atom stereocenters. The summed E-state index contributed by atoms with van der Waals surface area (Å²) in [6, 6.07) is 6.73. The van der Waals surface area contributed by atoms with E-state index in [1.54, 1.807) is 56.3 Å². The average molecular weight is 653 g/mol. The summed E-state index contributed by atoms with van der Waals surface area (Å²) in [5, 5.41) is 7.79. The molecule has 4 amide bonds. The molecule has 0 aliphatic carbocycles. The molecule has 0 aliphatic heterocycles.